The minimum Gasteiger partial charge on any atom is -0.465 e. The lowest BCUT2D eigenvalue weighted by Crippen LogP contribution is -2.23. The van der Waals surface area contributed by atoms with Crippen molar-refractivity contribution < 1.29 is 4.42 Å². The van der Waals surface area contributed by atoms with Crippen LogP contribution in [-0.4, -0.2) is 0 Å². The summed E-state index contributed by atoms with van der Waals surface area (Å²) in [7, 11) is 0. The molecule has 0 aliphatic heterocycles. The molecule has 0 bridgehead atoms. The first kappa shape index (κ1) is 18.4. The van der Waals surface area contributed by atoms with E-state index in [4.69, 9.17) is 21.8 Å². The van der Waals surface area contributed by atoms with Gasteiger partial charge in [0.15, 0.2) is 0 Å². The smallest absolute Gasteiger partial charge is 0.128 e. The first-order valence-corrected chi connectivity index (χ1v) is 8.67. The lowest BCUT2D eigenvalue weighted by atomic mass is 10.1. The fraction of sp³-hybridized carbons (Fsp3) is 0.0455. The van der Waals surface area contributed by atoms with E-state index < -0.39 is 0 Å². The molecule has 1 aromatic heterocycles. The Hall–Kier alpha value is -3.42. The lowest BCUT2D eigenvalue weighted by molar-refractivity contribution is 0.557. The predicted molar refractivity (Wildman–Crippen MR) is 110 cm³/mol. The molecule has 0 atom stereocenters. The van der Waals surface area contributed by atoms with Crippen LogP contribution in [0, 0.1) is 11.3 Å². The topological polar surface area (TPSA) is 66.2 Å². The van der Waals surface area contributed by atoms with E-state index in [1.807, 2.05) is 53.4 Å². The summed E-state index contributed by atoms with van der Waals surface area (Å²) in [4.78, 5) is 1.91. The van der Waals surface area contributed by atoms with Gasteiger partial charge < -0.3 is 15.1 Å². The third-order valence-corrected chi connectivity index (χ3v) is 4.32. The van der Waals surface area contributed by atoms with Crippen molar-refractivity contribution in [3.63, 3.8) is 0 Å². The van der Waals surface area contributed by atoms with Crippen LogP contribution in [0.4, 0.5) is 11.4 Å². The van der Waals surface area contributed by atoms with Crippen molar-refractivity contribution in [3.8, 4) is 6.07 Å². The number of allylic oxidation sites excluding steroid dienone is 1. The molecule has 2 aromatic carbocycles. The van der Waals surface area contributed by atoms with Gasteiger partial charge in [-0.2, -0.15) is 5.26 Å². The Morgan fingerprint density at radius 1 is 1.15 bits per heavy atom. The van der Waals surface area contributed by atoms with Crippen LogP contribution < -0.4 is 10.6 Å². The highest BCUT2D eigenvalue weighted by atomic mass is 35.5. The van der Waals surface area contributed by atoms with Crippen LogP contribution in [0.15, 0.2) is 89.2 Å². The van der Waals surface area contributed by atoms with Gasteiger partial charge in [-0.05, 0) is 42.0 Å². The van der Waals surface area contributed by atoms with E-state index in [1.165, 1.54) is 0 Å². The maximum absolute atomic E-state index is 9.67. The molecule has 0 radical (unpaired) electrons. The van der Waals surface area contributed by atoms with Crippen molar-refractivity contribution in [2.24, 2.45) is 0 Å². The maximum atomic E-state index is 9.67. The molecule has 27 heavy (non-hydrogen) atoms. The molecule has 3 aromatic rings. The SMILES string of the molecule is C=C(C(C#N)=Cc1ccco1)N(Cc1ccc(Cl)cc1)c1ccccc1N. The molecule has 0 fully saturated rings. The van der Waals surface area contributed by atoms with Gasteiger partial charge in [-0.1, -0.05) is 42.4 Å². The Labute approximate surface area is 163 Å². The van der Waals surface area contributed by atoms with E-state index in [2.05, 4.69) is 12.6 Å². The van der Waals surface area contributed by atoms with Crippen LogP contribution in [0.1, 0.15) is 11.3 Å². The number of halogens is 1. The molecule has 1 heterocycles. The van der Waals surface area contributed by atoms with Crippen molar-refractivity contribution in [1.82, 2.24) is 0 Å². The fourth-order valence-corrected chi connectivity index (χ4v) is 2.80. The second-order valence-corrected chi connectivity index (χ2v) is 6.34. The molecule has 0 aliphatic rings. The summed E-state index contributed by atoms with van der Waals surface area (Å²) in [6.07, 6.45) is 3.22. The second-order valence-electron chi connectivity index (χ2n) is 5.90. The van der Waals surface area contributed by atoms with Gasteiger partial charge in [0.25, 0.3) is 0 Å². The van der Waals surface area contributed by atoms with E-state index in [-0.39, 0.29) is 0 Å². The minimum absolute atomic E-state index is 0.391. The molecule has 0 spiro atoms. The molecular formula is C22H18ClN3O. The largest absolute Gasteiger partial charge is 0.465 e. The average Bonchev–Trinajstić information content (AvgIpc) is 3.19. The van der Waals surface area contributed by atoms with Crippen molar-refractivity contribution >= 4 is 29.1 Å². The van der Waals surface area contributed by atoms with Crippen molar-refractivity contribution in [2.45, 2.75) is 6.54 Å². The molecule has 2 N–H and O–H groups in total. The lowest BCUT2D eigenvalue weighted by Gasteiger charge is -2.28. The standard InChI is InChI=1S/C22H18ClN3O/c1-16(18(14-24)13-20-5-4-12-27-20)26(22-7-3-2-6-21(22)25)15-17-8-10-19(23)11-9-17/h2-13H,1,15,25H2. The van der Waals surface area contributed by atoms with Crippen LogP contribution >= 0.6 is 11.6 Å². The Bertz CT molecular complexity index is 999. The fourth-order valence-electron chi connectivity index (χ4n) is 2.67. The number of hydrogen-bond donors (Lipinski definition) is 1. The summed E-state index contributed by atoms with van der Waals surface area (Å²) < 4.78 is 5.33. The molecule has 134 valence electrons. The Balaban J connectivity index is 2.00. The van der Waals surface area contributed by atoms with Crippen molar-refractivity contribution in [3.05, 3.63) is 101 Å². The van der Waals surface area contributed by atoms with Crippen LogP contribution in [0.25, 0.3) is 6.08 Å². The molecular weight excluding hydrogens is 358 g/mol. The first-order chi connectivity index (χ1) is 13.1. The highest BCUT2D eigenvalue weighted by molar-refractivity contribution is 6.30. The van der Waals surface area contributed by atoms with Gasteiger partial charge in [0.05, 0.1) is 28.9 Å². The molecule has 3 rings (SSSR count). The number of nitrogen functional groups attached to an aromatic ring is 1. The number of para-hydroxylation sites is 2. The van der Waals surface area contributed by atoms with Crippen LogP contribution in [-0.2, 0) is 6.54 Å². The van der Waals surface area contributed by atoms with Crippen LogP contribution in [0.3, 0.4) is 0 Å². The zero-order valence-electron chi connectivity index (χ0n) is 14.6. The van der Waals surface area contributed by atoms with E-state index in [1.54, 1.807) is 24.5 Å². The summed E-state index contributed by atoms with van der Waals surface area (Å²) >= 11 is 5.99. The summed E-state index contributed by atoms with van der Waals surface area (Å²) in [6.45, 7) is 4.64. The minimum atomic E-state index is 0.391. The highest BCUT2D eigenvalue weighted by Crippen LogP contribution is 2.31. The molecule has 0 aliphatic carbocycles. The van der Waals surface area contributed by atoms with Gasteiger partial charge in [-0.3, -0.25) is 0 Å². The van der Waals surface area contributed by atoms with E-state index >= 15 is 0 Å². The Kier molecular flexibility index (Phi) is 5.65. The van der Waals surface area contributed by atoms with Crippen molar-refractivity contribution in [2.75, 3.05) is 10.6 Å². The molecule has 0 saturated heterocycles. The van der Waals surface area contributed by atoms with E-state index in [9.17, 15) is 5.26 Å². The molecule has 5 heteroatoms. The predicted octanol–water partition coefficient (Wildman–Crippen LogP) is 5.64. The number of benzene rings is 2. The average molecular weight is 376 g/mol. The van der Waals surface area contributed by atoms with Gasteiger partial charge in [-0.15, -0.1) is 0 Å². The quantitative estimate of drug-likeness (QED) is 0.344. The molecule has 0 amide bonds. The van der Waals surface area contributed by atoms with Gasteiger partial charge in [0, 0.05) is 17.6 Å². The number of furan rings is 1. The van der Waals surface area contributed by atoms with Crippen molar-refractivity contribution in [1.29, 1.82) is 5.26 Å². The summed E-state index contributed by atoms with van der Waals surface area (Å²) in [5.41, 5.74) is 9.50. The third-order valence-electron chi connectivity index (χ3n) is 4.07. The Morgan fingerprint density at radius 3 is 2.52 bits per heavy atom. The number of rotatable bonds is 6. The highest BCUT2D eigenvalue weighted by Gasteiger charge is 2.17. The van der Waals surface area contributed by atoms with Gasteiger partial charge in [0.1, 0.15) is 11.8 Å². The first-order valence-electron chi connectivity index (χ1n) is 8.29. The summed E-state index contributed by atoms with van der Waals surface area (Å²) in [6, 6.07) is 20.8. The third kappa shape index (κ3) is 4.41. The van der Waals surface area contributed by atoms with Gasteiger partial charge in [-0.25, -0.2) is 0 Å². The number of nitrogens with two attached hydrogens (primary N) is 1. The Morgan fingerprint density at radius 2 is 1.89 bits per heavy atom. The zero-order chi connectivity index (χ0) is 19.2. The van der Waals surface area contributed by atoms with E-state index in [0.717, 1.165) is 11.3 Å². The van der Waals surface area contributed by atoms with Gasteiger partial charge in [0.2, 0.25) is 0 Å². The zero-order valence-corrected chi connectivity index (χ0v) is 15.4. The number of nitrogens with zero attached hydrogens (tertiary/aromatic N) is 2. The van der Waals surface area contributed by atoms with Crippen LogP contribution in [0.5, 0.6) is 0 Å². The molecule has 4 nitrogen and oxygen atoms in total. The maximum Gasteiger partial charge on any atom is 0.128 e. The van der Waals surface area contributed by atoms with Gasteiger partial charge >= 0.3 is 0 Å². The molecule has 0 saturated carbocycles. The molecule has 0 unspecified atom stereocenters. The summed E-state index contributed by atoms with van der Waals surface area (Å²) in [5, 5.41) is 10.3. The summed E-state index contributed by atoms with van der Waals surface area (Å²) in [5.74, 6) is 0.583. The number of anilines is 2. The number of nitriles is 1. The normalized spacial score (nSPS) is 11.0. The van der Waals surface area contributed by atoms with E-state index in [0.29, 0.717) is 34.3 Å². The monoisotopic (exact) mass is 375 g/mol. The number of hydrogen-bond acceptors (Lipinski definition) is 4. The van der Waals surface area contributed by atoms with Crippen LogP contribution in [0.2, 0.25) is 5.02 Å². The second kappa shape index (κ2) is 8.31.